The van der Waals surface area contributed by atoms with E-state index in [1.54, 1.807) is 7.11 Å². The van der Waals surface area contributed by atoms with Gasteiger partial charge in [0, 0.05) is 19.7 Å². The normalized spacial score (nSPS) is 16.0. The summed E-state index contributed by atoms with van der Waals surface area (Å²) in [4.78, 5) is 6.78. The van der Waals surface area contributed by atoms with E-state index in [2.05, 4.69) is 42.5 Å². The van der Waals surface area contributed by atoms with Crippen LogP contribution >= 0.6 is 0 Å². The summed E-state index contributed by atoms with van der Waals surface area (Å²) >= 11 is 0. The van der Waals surface area contributed by atoms with E-state index in [-0.39, 0.29) is 6.04 Å². The SMILES string of the molecule is COc1ccc(C2N=C(N(C)C)Oc3ccc4ccccc4c32)cc1. The molecule has 0 bridgehead atoms. The van der Waals surface area contributed by atoms with E-state index in [4.69, 9.17) is 14.5 Å². The molecule has 1 aliphatic heterocycles. The Balaban J connectivity index is 1.93. The zero-order chi connectivity index (χ0) is 17.4. The fourth-order valence-electron chi connectivity index (χ4n) is 3.18. The standard InChI is InChI=1S/C21H20N2O2/c1-23(2)21-22-20(15-8-11-16(24-3)12-9-15)19-17-7-5-4-6-14(17)10-13-18(19)25-21/h4-13,20H,1-3H3. The second-order valence-electron chi connectivity index (χ2n) is 6.28. The Kier molecular flexibility index (Phi) is 3.80. The van der Waals surface area contributed by atoms with Gasteiger partial charge in [0.15, 0.2) is 0 Å². The number of amidine groups is 1. The minimum atomic E-state index is -0.113. The van der Waals surface area contributed by atoms with E-state index >= 15 is 0 Å². The maximum absolute atomic E-state index is 6.05. The van der Waals surface area contributed by atoms with Gasteiger partial charge in [0.05, 0.1) is 7.11 Å². The van der Waals surface area contributed by atoms with E-state index in [0.717, 1.165) is 22.6 Å². The average Bonchev–Trinajstić information content (AvgIpc) is 2.67. The van der Waals surface area contributed by atoms with Gasteiger partial charge >= 0.3 is 0 Å². The van der Waals surface area contributed by atoms with Crippen molar-refractivity contribution in [3.63, 3.8) is 0 Å². The number of ether oxygens (including phenoxy) is 2. The first kappa shape index (κ1) is 15.5. The molecule has 0 aromatic heterocycles. The quantitative estimate of drug-likeness (QED) is 0.703. The Morgan fingerprint density at radius 3 is 2.44 bits per heavy atom. The predicted molar refractivity (Wildman–Crippen MR) is 101 cm³/mol. The molecule has 0 saturated carbocycles. The van der Waals surface area contributed by atoms with Gasteiger partial charge in [-0.25, -0.2) is 4.99 Å². The molecule has 1 atom stereocenters. The smallest absolute Gasteiger partial charge is 0.293 e. The summed E-state index contributed by atoms with van der Waals surface area (Å²) in [6.07, 6.45) is 0. The molecule has 25 heavy (non-hydrogen) atoms. The Hall–Kier alpha value is -3.01. The van der Waals surface area contributed by atoms with E-state index in [1.165, 1.54) is 10.8 Å². The first-order valence-electron chi connectivity index (χ1n) is 8.26. The molecular weight excluding hydrogens is 312 g/mol. The van der Waals surface area contributed by atoms with Crippen LogP contribution < -0.4 is 9.47 Å². The maximum Gasteiger partial charge on any atom is 0.293 e. The third-order valence-corrected chi connectivity index (χ3v) is 4.46. The topological polar surface area (TPSA) is 34.1 Å². The highest BCUT2D eigenvalue weighted by molar-refractivity contribution is 5.91. The average molecular weight is 332 g/mol. The lowest BCUT2D eigenvalue weighted by molar-refractivity contribution is 0.406. The van der Waals surface area contributed by atoms with E-state index in [9.17, 15) is 0 Å². The summed E-state index contributed by atoms with van der Waals surface area (Å²) < 4.78 is 11.3. The number of aliphatic imine (C=N–C) groups is 1. The fourth-order valence-corrected chi connectivity index (χ4v) is 3.18. The summed E-state index contributed by atoms with van der Waals surface area (Å²) in [6.45, 7) is 0. The van der Waals surface area contributed by atoms with Gasteiger partial charge in [-0.1, -0.05) is 42.5 Å². The number of nitrogens with zero attached hydrogens (tertiary/aromatic N) is 2. The number of hydrogen-bond donors (Lipinski definition) is 0. The molecule has 0 N–H and O–H groups in total. The highest BCUT2D eigenvalue weighted by Crippen LogP contribution is 2.41. The molecular formula is C21H20N2O2. The Morgan fingerprint density at radius 1 is 0.960 bits per heavy atom. The molecule has 3 aromatic rings. The lowest BCUT2D eigenvalue weighted by Gasteiger charge is -2.28. The molecule has 126 valence electrons. The van der Waals surface area contributed by atoms with Crippen molar-refractivity contribution in [2.75, 3.05) is 21.2 Å². The van der Waals surface area contributed by atoms with Gasteiger partial charge in [-0.2, -0.15) is 0 Å². The van der Waals surface area contributed by atoms with Crippen molar-refractivity contribution in [3.05, 3.63) is 71.8 Å². The van der Waals surface area contributed by atoms with Crippen LogP contribution in [-0.4, -0.2) is 32.1 Å². The number of fused-ring (bicyclic) bond motifs is 3. The summed E-state index contributed by atoms with van der Waals surface area (Å²) in [5.41, 5.74) is 2.22. The first-order chi connectivity index (χ1) is 12.2. The van der Waals surface area contributed by atoms with E-state index in [1.807, 2.05) is 37.2 Å². The van der Waals surface area contributed by atoms with Crippen LogP contribution in [0.4, 0.5) is 0 Å². The molecule has 4 heteroatoms. The summed E-state index contributed by atoms with van der Waals surface area (Å²) in [6, 6.07) is 21.1. The maximum atomic E-state index is 6.05. The van der Waals surface area contributed by atoms with Crippen molar-refractivity contribution < 1.29 is 9.47 Å². The van der Waals surface area contributed by atoms with Crippen molar-refractivity contribution in [2.45, 2.75) is 6.04 Å². The third kappa shape index (κ3) is 2.70. The van der Waals surface area contributed by atoms with Crippen LogP contribution in [-0.2, 0) is 0 Å². The number of rotatable bonds is 2. The van der Waals surface area contributed by atoms with Crippen LogP contribution in [0, 0.1) is 0 Å². The third-order valence-electron chi connectivity index (χ3n) is 4.46. The van der Waals surface area contributed by atoms with Crippen molar-refractivity contribution in [1.29, 1.82) is 0 Å². The molecule has 0 radical (unpaired) electrons. The van der Waals surface area contributed by atoms with Gasteiger partial charge in [0.25, 0.3) is 6.02 Å². The molecule has 0 aliphatic carbocycles. The molecule has 0 fully saturated rings. The van der Waals surface area contributed by atoms with Gasteiger partial charge in [0.2, 0.25) is 0 Å². The molecule has 0 spiro atoms. The minimum Gasteiger partial charge on any atom is -0.497 e. The number of methoxy groups -OCH3 is 1. The van der Waals surface area contributed by atoms with Gasteiger partial charge in [-0.3, -0.25) is 0 Å². The van der Waals surface area contributed by atoms with Crippen molar-refractivity contribution >= 4 is 16.8 Å². The van der Waals surface area contributed by atoms with Crippen LogP contribution in [0.2, 0.25) is 0 Å². The van der Waals surface area contributed by atoms with E-state index < -0.39 is 0 Å². The highest BCUT2D eigenvalue weighted by atomic mass is 16.5. The van der Waals surface area contributed by atoms with Crippen LogP contribution in [0.5, 0.6) is 11.5 Å². The van der Waals surface area contributed by atoms with Crippen molar-refractivity contribution in [3.8, 4) is 11.5 Å². The van der Waals surface area contributed by atoms with Crippen LogP contribution in [0.3, 0.4) is 0 Å². The molecule has 0 amide bonds. The molecule has 4 rings (SSSR count). The number of hydrogen-bond acceptors (Lipinski definition) is 4. The van der Waals surface area contributed by atoms with Gasteiger partial charge in [-0.15, -0.1) is 0 Å². The minimum absolute atomic E-state index is 0.113. The predicted octanol–water partition coefficient (Wildman–Crippen LogP) is 4.25. The van der Waals surface area contributed by atoms with Gasteiger partial charge in [-0.05, 0) is 34.5 Å². The first-order valence-corrected chi connectivity index (χ1v) is 8.26. The second kappa shape index (κ2) is 6.13. The molecule has 0 saturated heterocycles. The Bertz CT molecular complexity index is 946. The van der Waals surface area contributed by atoms with Crippen LogP contribution in [0.25, 0.3) is 10.8 Å². The van der Waals surface area contributed by atoms with Crippen LogP contribution in [0.15, 0.2) is 65.7 Å². The van der Waals surface area contributed by atoms with Crippen LogP contribution in [0.1, 0.15) is 17.2 Å². The molecule has 3 aromatic carbocycles. The lowest BCUT2D eigenvalue weighted by atomic mass is 9.92. The molecule has 4 nitrogen and oxygen atoms in total. The Labute approximate surface area is 147 Å². The molecule has 1 heterocycles. The summed E-state index contributed by atoms with van der Waals surface area (Å²) in [7, 11) is 5.56. The van der Waals surface area contributed by atoms with E-state index in [0.29, 0.717) is 6.02 Å². The van der Waals surface area contributed by atoms with Gasteiger partial charge in [0.1, 0.15) is 17.5 Å². The van der Waals surface area contributed by atoms with Crippen molar-refractivity contribution in [1.82, 2.24) is 4.90 Å². The monoisotopic (exact) mass is 332 g/mol. The Morgan fingerprint density at radius 2 is 1.72 bits per heavy atom. The lowest BCUT2D eigenvalue weighted by Crippen LogP contribution is -2.31. The summed E-state index contributed by atoms with van der Waals surface area (Å²) in [5.74, 6) is 1.70. The number of benzene rings is 3. The zero-order valence-electron chi connectivity index (χ0n) is 14.6. The van der Waals surface area contributed by atoms with Gasteiger partial charge < -0.3 is 14.4 Å². The molecule has 1 unspecified atom stereocenters. The fraction of sp³-hybridized carbons (Fsp3) is 0.190. The highest BCUT2D eigenvalue weighted by Gasteiger charge is 2.27. The summed E-state index contributed by atoms with van der Waals surface area (Å²) in [5, 5.41) is 2.36. The van der Waals surface area contributed by atoms with Crippen molar-refractivity contribution in [2.24, 2.45) is 4.99 Å². The molecule has 1 aliphatic rings. The zero-order valence-corrected chi connectivity index (χ0v) is 14.6. The second-order valence-corrected chi connectivity index (χ2v) is 6.28. The largest absolute Gasteiger partial charge is 0.497 e.